The molecule has 0 spiro atoms. The van der Waals surface area contributed by atoms with Crippen LogP contribution in [0.5, 0.6) is 0 Å². The van der Waals surface area contributed by atoms with E-state index in [4.69, 9.17) is 5.11 Å². The van der Waals surface area contributed by atoms with Gasteiger partial charge < -0.3 is 15.5 Å². The van der Waals surface area contributed by atoms with Gasteiger partial charge in [0.15, 0.2) is 5.69 Å². The first-order chi connectivity index (χ1) is 9.43. The van der Waals surface area contributed by atoms with Gasteiger partial charge in [-0.15, -0.1) is 0 Å². The van der Waals surface area contributed by atoms with Crippen molar-refractivity contribution >= 4 is 22.6 Å². The molecule has 0 fully saturated rings. The van der Waals surface area contributed by atoms with Crippen LogP contribution in [0.25, 0.3) is 10.8 Å². The van der Waals surface area contributed by atoms with E-state index in [0.29, 0.717) is 18.8 Å². The predicted molar refractivity (Wildman–Crippen MR) is 78.1 cm³/mol. The lowest BCUT2D eigenvalue weighted by molar-refractivity contribution is 0.0690. The van der Waals surface area contributed by atoms with Crippen LogP contribution in [0.15, 0.2) is 30.3 Å². The molecule has 0 amide bonds. The van der Waals surface area contributed by atoms with E-state index in [2.05, 4.69) is 10.3 Å². The second kappa shape index (κ2) is 5.46. The van der Waals surface area contributed by atoms with Crippen LogP contribution in [0, 0.1) is 0 Å². The molecule has 1 aromatic carbocycles. The van der Waals surface area contributed by atoms with Gasteiger partial charge in [-0.1, -0.05) is 31.2 Å². The molecule has 0 saturated heterocycles. The first kappa shape index (κ1) is 14.3. The van der Waals surface area contributed by atoms with Crippen molar-refractivity contribution in [3.63, 3.8) is 0 Å². The van der Waals surface area contributed by atoms with E-state index < -0.39 is 11.6 Å². The fourth-order valence-corrected chi connectivity index (χ4v) is 1.84. The van der Waals surface area contributed by atoms with Crippen molar-refractivity contribution < 1.29 is 15.0 Å². The number of anilines is 1. The summed E-state index contributed by atoms with van der Waals surface area (Å²) >= 11 is 0. The summed E-state index contributed by atoms with van der Waals surface area (Å²) in [4.78, 5) is 15.2. The van der Waals surface area contributed by atoms with Crippen LogP contribution in [0.1, 0.15) is 30.8 Å². The van der Waals surface area contributed by atoms with Gasteiger partial charge in [0.2, 0.25) is 0 Å². The Kier molecular flexibility index (Phi) is 3.90. The summed E-state index contributed by atoms with van der Waals surface area (Å²) in [6, 6.07) is 8.97. The molecule has 1 aromatic heterocycles. The van der Waals surface area contributed by atoms with Crippen LogP contribution in [-0.2, 0) is 0 Å². The summed E-state index contributed by atoms with van der Waals surface area (Å²) in [5, 5.41) is 23.8. The minimum absolute atomic E-state index is 0.0117. The standard InChI is InChI=1S/C15H18N2O3/c1-3-15(2,20)9-16-13-11-7-5-4-6-10(11)8-12(17-13)14(18)19/h4-8,20H,3,9H2,1-2H3,(H,16,17)(H,18,19). The monoisotopic (exact) mass is 274 g/mol. The average Bonchev–Trinajstić information content (AvgIpc) is 2.44. The molecule has 0 aliphatic heterocycles. The molecule has 0 aliphatic carbocycles. The van der Waals surface area contributed by atoms with Gasteiger partial charge in [-0.25, -0.2) is 9.78 Å². The number of carboxylic acid groups (broad SMARTS) is 1. The number of benzene rings is 1. The average molecular weight is 274 g/mol. The number of carboxylic acids is 1. The Morgan fingerprint density at radius 1 is 1.40 bits per heavy atom. The van der Waals surface area contributed by atoms with Gasteiger partial charge in [-0.2, -0.15) is 0 Å². The maximum atomic E-state index is 11.1. The summed E-state index contributed by atoms with van der Waals surface area (Å²) < 4.78 is 0. The number of rotatable bonds is 5. The zero-order valence-corrected chi connectivity index (χ0v) is 11.6. The molecule has 5 nitrogen and oxygen atoms in total. The van der Waals surface area contributed by atoms with Gasteiger partial charge >= 0.3 is 5.97 Å². The summed E-state index contributed by atoms with van der Waals surface area (Å²) in [6.07, 6.45) is 0.594. The molecule has 0 radical (unpaired) electrons. The lowest BCUT2D eigenvalue weighted by Gasteiger charge is -2.22. The number of aromatic nitrogens is 1. The topological polar surface area (TPSA) is 82.5 Å². The zero-order valence-electron chi connectivity index (χ0n) is 11.6. The van der Waals surface area contributed by atoms with Crippen LogP contribution < -0.4 is 5.32 Å². The summed E-state index contributed by atoms with van der Waals surface area (Å²) in [5.74, 6) is -0.588. The Morgan fingerprint density at radius 3 is 2.75 bits per heavy atom. The number of hydrogen-bond acceptors (Lipinski definition) is 4. The van der Waals surface area contributed by atoms with Crippen molar-refractivity contribution in [1.82, 2.24) is 4.98 Å². The van der Waals surface area contributed by atoms with Crippen molar-refractivity contribution in [3.8, 4) is 0 Å². The zero-order chi connectivity index (χ0) is 14.8. The lowest BCUT2D eigenvalue weighted by atomic mass is 10.0. The highest BCUT2D eigenvalue weighted by atomic mass is 16.4. The molecule has 0 saturated carbocycles. The molecule has 20 heavy (non-hydrogen) atoms. The Balaban J connectivity index is 2.42. The maximum absolute atomic E-state index is 11.1. The molecule has 1 unspecified atom stereocenters. The second-order valence-electron chi connectivity index (χ2n) is 5.09. The molecule has 2 aromatic rings. The number of aliphatic hydroxyl groups is 1. The second-order valence-corrected chi connectivity index (χ2v) is 5.09. The van der Waals surface area contributed by atoms with Gasteiger partial charge in [0.05, 0.1) is 5.60 Å². The summed E-state index contributed by atoms with van der Waals surface area (Å²) in [7, 11) is 0. The minimum atomic E-state index is -1.07. The van der Waals surface area contributed by atoms with Gasteiger partial charge in [-0.3, -0.25) is 0 Å². The molecule has 2 rings (SSSR count). The molecule has 0 bridgehead atoms. The van der Waals surface area contributed by atoms with E-state index in [-0.39, 0.29) is 5.69 Å². The number of aromatic carboxylic acids is 1. The number of carbonyl (C=O) groups is 1. The number of nitrogens with zero attached hydrogens (tertiary/aromatic N) is 1. The van der Waals surface area contributed by atoms with E-state index in [1.165, 1.54) is 0 Å². The maximum Gasteiger partial charge on any atom is 0.354 e. The van der Waals surface area contributed by atoms with Gasteiger partial charge in [0.25, 0.3) is 0 Å². The SMILES string of the molecule is CCC(C)(O)CNc1nc(C(=O)O)cc2ccccc12. The van der Waals surface area contributed by atoms with Crippen LogP contribution in [0.4, 0.5) is 5.82 Å². The number of nitrogens with one attached hydrogen (secondary N) is 1. The fourth-order valence-electron chi connectivity index (χ4n) is 1.84. The fraction of sp³-hybridized carbons (Fsp3) is 0.333. The normalized spacial score (nSPS) is 13.9. The van der Waals surface area contributed by atoms with Gasteiger partial charge in [0.1, 0.15) is 5.82 Å². The Bertz CT molecular complexity index is 638. The first-order valence-corrected chi connectivity index (χ1v) is 6.52. The van der Waals surface area contributed by atoms with E-state index in [1.807, 2.05) is 31.2 Å². The lowest BCUT2D eigenvalue weighted by Crippen LogP contribution is -2.32. The quantitative estimate of drug-likeness (QED) is 0.780. The van der Waals surface area contributed by atoms with E-state index in [0.717, 1.165) is 10.8 Å². The largest absolute Gasteiger partial charge is 0.477 e. The molecule has 1 atom stereocenters. The Hall–Kier alpha value is -2.14. The molecule has 5 heteroatoms. The van der Waals surface area contributed by atoms with Crippen LogP contribution in [-0.4, -0.2) is 33.3 Å². The van der Waals surface area contributed by atoms with Crippen LogP contribution in [0.2, 0.25) is 0 Å². The smallest absolute Gasteiger partial charge is 0.354 e. The third kappa shape index (κ3) is 3.05. The van der Waals surface area contributed by atoms with Crippen molar-refractivity contribution in [2.24, 2.45) is 0 Å². The van der Waals surface area contributed by atoms with Crippen molar-refractivity contribution in [3.05, 3.63) is 36.0 Å². The molecule has 0 aliphatic rings. The van der Waals surface area contributed by atoms with Crippen LogP contribution in [0.3, 0.4) is 0 Å². The number of hydrogen-bond donors (Lipinski definition) is 3. The summed E-state index contributed by atoms with van der Waals surface area (Å²) in [5.41, 5.74) is -0.871. The predicted octanol–water partition coefficient (Wildman–Crippen LogP) is 2.51. The highest BCUT2D eigenvalue weighted by molar-refractivity contribution is 5.97. The van der Waals surface area contributed by atoms with Crippen molar-refractivity contribution in [2.75, 3.05) is 11.9 Å². The Morgan fingerprint density at radius 2 is 2.10 bits per heavy atom. The van der Waals surface area contributed by atoms with E-state index >= 15 is 0 Å². The summed E-state index contributed by atoms with van der Waals surface area (Å²) in [6.45, 7) is 3.92. The highest BCUT2D eigenvalue weighted by Crippen LogP contribution is 2.23. The third-order valence-electron chi connectivity index (χ3n) is 3.36. The molecule has 3 N–H and O–H groups in total. The van der Waals surface area contributed by atoms with Gasteiger partial charge in [-0.05, 0) is 24.8 Å². The number of fused-ring (bicyclic) bond motifs is 1. The molecular formula is C15H18N2O3. The number of pyridine rings is 1. The van der Waals surface area contributed by atoms with Crippen LogP contribution >= 0.6 is 0 Å². The van der Waals surface area contributed by atoms with Gasteiger partial charge in [0, 0.05) is 11.9 Å². The van der Waals surface area contributed by atoms with E-state index in [9.17, 15) is 9.90 Å². The van der Waals surface area contributed by atoms with Crippen molar-refractivity contribution in [2.45, 2.75) is 25.9 Å². The Labute approximate surface area is 117 Å². The highest BCUT2D eigenvalue weighted by Gasteiger charge is 2.18. The van der Waals surface area contributed by atoms with E-state index in [1.54, 1.807) is 13.0 Å². The van der Waals surface area contributed by atoms with Crippen molar-refractivity contribution in [1.29, 1.82) is 0 Å². The minimum Gasteiger partial charge on any atom is -0.477 e. The first-order valence-electron chi connectivity index (χ1n) is 6.52. The molecular weight excluding hydrogens is 256 g/mol. The molecule has 1 heterocycles. The molecule has 106 valence electrons. The third-order valence-corrected chi connectivity index (χ3v) is 3.36.